The Morgan fingerprint density at radius 2 is 1.96 bits per heavy atom. The van der Waals surface area contributed by atoms with E-state index in [1.165, 1.54) is 6.92 Å². The summed E-state index contributed by atoms with van der Waals surface area (Å²) in [5.74, 6) is -0.690. The Labute approximate surface area is 141 Å². The summed E-state index contributed by atoms with van der Waals surface area (Å²) >= 11 is 0. The summed E-state index contributed by atoms with van der Waals surface area (Å²) in [6.07, 6.45) is 1.50. The first-order chi connectivity index (χ1) is 11.5. The molecule has 1 aliphatic heterocycles. The molecule has 0 bridgehead atoms. The normalized spacial score (nSPS) is 17.1. The maximum absolute atomic E-state index is 12.4. The van der Waals surface area contributed by atoms with Gasteiger partial charge >= 0.3 is 12.0 Å². The molecule has 1 saturated heterocycles. The standard InChI is InChI=1S/C17H23N3O4/c1-3-24-16(22)13-6-5-9-20(11-13)17(23)19-15-8-4-7-14(10-15)18-12(2)21/h4,7-8,10,13H,3,5-6,9,11H2,1-2H3,(H,18,21)(H,19,23). The van der Waals surface area contributed by atoms with Gasteiger partial charge in [-0.2, -0.15) is 0 Å². The lowest BCUT2D eigenvalue weighted by Crippen LogP contribution is -2.44. The van der Waals surface area contributed by atoms with Crippen molar-refractivity contribution in [3.63, 3.8) is 0 Å². The molecule has 0 spiro atoms. The molecular weight excluding hydrogens is 310 g/mol. The smallest absolute Gasteiger partial charge is 0.321 e. The quantitative estimate of drug-likeness (QED) is 0.829. The van der Waals surface area contributed by atoms with Gasteiger partial charge in [0.05, 0.1) is 12.5 Å². The highest BCUT2D eigenvalue weighted by molar-refractivity contribution is 5.92. The van der Waals surface area contributed by atoms with Crippen molar-refractivity contribution in [2.24, 2.45) is 5.92 Å². The van der Waals surface area contributed by atoms with Crippen LogP contribution in [0.3, 0.4) is 0 Å². The van der Waals surface area contributed by atoms with Crippen LogP contribution in [0.4, 0.5) is 16.2 Å². The largest absolute Gasteiger partial charge is 0.466 e. The first-order valence-corrected chi connectivity index (χ1v) is 8.09. The number of rotatable bonds is 4. The second-order valence-electron chi connectivity index (χ2n) is 5.73. The third kappa shape index (κ3) is 4.97. The highest BCUT2D eigenvalue weighted by Crippen LogP contribution is 2.20. The van der Waals surface area contributed by atoms with Crippen LogP contribution in [0.5, 0.6) is 0 Å². The number of piperidine rings is 1. The molecule has 2 rings (SSSR count). The lowest BCUT2D eigenvalue weighted by atomic mass is 9.98. The van der Waals surface area contributed by atoms with Crippen molar-refractivity contribution >= 4 is 29.3 Å². The Hall–Kier alpha value is -2.57. The number of urea groups is 1. The summed E-state index contributed by atoms with van der Waals surface area (Å²) in [7, 11) is 0. The van der Waals surface area contributed by atoms with Gasteiger partial charge in [-0.25, -0.2) is 4.79 Å². The summed E-state index contributed by atoms with van der Waals surface area (Å²) in [6, 6.07) is 6.67. The van der Waals surface area contributed by atoms with Crippen LogP contribution < -0.4 is 10.6 Å². The summed E-state index contributed by atoms with van der Waals surface area (Å²) in [5.41, 5.74) is 1.20. The van der Waals surface area contributed by atoms with Crippen LogP contribution in [0, 0.1) is 5.92 Å². The van der Waals surface area contributed by atoms with Gasteiger partial charge in [-0.15, -0.1) is 0 Å². The molecule has 3 amide bonds. The average molecular weight is 333 g/mol. The number of ether oxygens (including phenoxy) is 1. The summed E-state index contributed by atoms with van der Waals surface area (Å²) in [6.45, 7) is 4.50. The number of nitrogens with zero attached hydrogens (tertiary/aromatic N) is 1. The Morgan fingerprint density at radius 3 is 2.62 bits per heavy atom. The molecule has 1 unspecified atom stereocenters. The maximum Gasteiger partial charge on any atom is 0.321 e. The molecule has 7 nitrogen and oxygen atoms in total. The number of anilines is 2. The first-order valence-electron chi connectivity index (χ1n) is 8.09. The zero-order valence-electron chi connectivity index (χ0n) is 14.0. The molecule has 0 aromatic heterocycles. The highest BCUT2D eigenvalue weighted by Gasteiger charge is 2.29. The minimum absolute atomic E-state index is 0.174. The Bertz CT molecular complexity index is 618. The second kappa shape index (κ2) is 8.33. The molecule has 0 aliphatic carbocycles. The molecule has 7 heteroatoms. The molecule has 1 aromatic rings. The molecule has 1 fully saturated rings. The van der Waals surface area contributed by atoms with Crippen LogP contribution in [0.25, 0.3) is 0 Å². The van der Waals surface area contributed by atoms with Crippen molar-refractivity contribution in [2.45, 2.75) is 26.7 Å². The number of nitrogens with one attached hydrogen (secondary N) is 2. The van der Waals surface area contributed by atoms with Crippen LogP contribution in [0.15, 0.2) is 24.3 Å². The van der Waals surface area contributed by atoms with Gasteiger partial charge < -0.3 is 20.3 Å². The molecule has 1 aliphatic rings. The fourth-order valence-corrected chi connectivity index (χ4v) is 2.69. The molecule has 130 valence electrons. The predicted octanol–water partition coefficient (Wildman–Crippen LogP) is 2.45. The van der Waals surface area contributed by atoms with Crippen molar-refractivity contribution in [1.29, 1.82) is 0 Å². The van der Waals surface area contributed by atoms with Crippen molar-refractivity contribution in [3.8, 4) is 0 Å². The number of amides is 3. The maximum atomic E-state index is 12.4. The van der Waals surface area contributed by atoms with E-state index in [1.807, 2.05) is 0 Å². The fourth-order valence-electron chi connectivity index (χ4n) is 2.69. The predicted molar refractivity (Wildman–Crippen MR) is 90.7 cm³/mol. The molecule has 1 aromatic carbocycles. The summed E-state index contributed by atoms with van der Waals surface area (Å²) < 4.78 is 5.04. The van der Waals surface area contributed by atoms with Gasteiger partial charge in [-0.1, -0.05) is 6.07 Å². The van der Waals surface area contributed by atoms with Gasteiger partial charge in [0.15, 0.2) is 0 Å². The number of hydrogen-bond acceptors (Lipinski definition) is 4. The third-order valence-corrected chi connectivity index (χ3v) is 3.76. The van der Waals surface area contributed by atoms with Gasteiger partial charge in [0.1, 0.15) is 0 Å². The van der Waals surface area contributed by atoms with Crippen molar-refractivity contribution in [2.75, 3.05) is 30.3 Å². The number of carbonyl (C=O) groups excluding carboxylic acids is 3. The molecule has 1 heterocycles. The molecule has 0 radical (unpaired) electrons. The van der Waals surface area contributed by atoms with E-state index < -0.39 is 0 Å². The van der Waals surface area contributed by atoms with Gasteiger partial charge in [-0.3, -0.25) is 9.59 Å². The van der Waals surface area contributed by atoms with Crippen molar-refractivity contribution in [1.82, 2.24) is 4.90 Å². The Kier molecular flexibility index (Phi) is 6.17. The van der Waals surface area contributed by atoms with Crippen LogP contribution in [-0.4, -0.2) is 42.5 Å². The number of likely N-dealkylation sites (tertiary alicyclic amines) is 1. The summed E-state index contributed by atoms with van der Waals surface area (Å²) in [4.78, 5) is 37.0. The van der Waals surface area contributed by atoms with Crippen LogP contribution >= 0.6 is 0 Å². The zero-order valence-corrected chi connectivity index (χ0v) is 14.0. The fraction of sp³-hybridized carbons (Fsp3) is 0.471. The average Bonchev–Trinajstić information content (AvgIpc) is 2.55. The minimum Gasteiger partial charge on any atom is -0.466 e. The number of esters is 1. The molecule has 2 N–H and O–H groups in total. The van der Waals surface area contributed by atoms with E-state index in [-0.39, 0.29) is 23.8 Å². The molecular formula is C17H23N3O4. The monoisotopic (exact) mass is 333 g/mol. The second-order valence-corrected chi connectivity index (χ2v) is 5.73. The SMILES string of the molecule is CCOC(=O)C1CCCN(C(=O)Nc2cccc(NC(C)=O)c2)C1. The van der Waals surface area contributed by atoms with Crippen molar-refractivity contribution < 1.29 is 19.1 Å². The van der Waals surface area contributed by atoms with Gasteiger partial charge in [0, 0.05) is 31.4 Å². The lowest BCUT2D eigenvalue weighted by Gasteiger charge is -2.31. The van der Waals surface area contributed by atoms with E-state index in [0.29, 0.717) is 31.1 Å². The van der Waals surface area contributed by atoms with E-state index >= 15 is 0 Å². The third-order valence-electron chi connectivity index (χ3n) is 3.76. The summed E-state index contributed by atoms with van der Waals surface area (Å²) in [5, 5.41) is 5.47. The van der Waals surface area contributed by atoms with E-state index in [1.54, 1.807) is 36.1 Å². The Morgan fingerprint density at radius 1 is 1.25 bits per heavy atom. The van der Waals surface area contributed by atoms with Crippen molar-refractivity contribution in [3.05, 3.63) is 24.3 Å². The van der Waals surface area contributed by atoms with E-state index in [9.17, 15) is 14.4 Å². The first kappa shape index (κ1) is 17.8. The lowest BCUT2D eigenvalue weighted by molar-refractivity contribution is -0.149. The molecule has 0 saturated carbocycles. The van der Waals surface area contributed by atoms with Crippen LogP contribution in [0.1, 0.15) is 26.7 Å². The molecule has 1 atom stereocenters. The van der Waals surface area contributed by atoms with Crippen LogP contribution in [0.2, 0.25) is 0 Å². The Balaban J connectivity index is 1.96. The zero-order chi connectivity index (χ0) is 17.5. The van der Waals surface area contributed by atoms with Gasteiger partial charge in [-0.05, 0) is 38.0 Å². The van der Waals surface area contributed by atoms with Gasteiger partial charge in [0.2, 0.25) is 5.91 Å². The topological polar surface area (TPSA) is 87.7 Å². The van der Waals surface area contributed by atoms with E-state index in [0.717, 1.165) is 12.8 Å². The highest BCUT2D eigenvalue weighted by atomic mass is 16.5. The number of benzene rings is 1. The number of carbonyl (C=O) groups is 3. The minimum atomic E-state index is -0.268. The van der Waals surface area contributed by atoms with Crippen LogP contribution in [-0.2, 0) is 14.3 Å². The van der Waals surface area contributed by atoms with E-state index in [2.05, 4.69) is 10.6 Å². The van der Waals surface area contributed by atoms with E-state index in [4.69, 9.17) is 4.74 Å². The van der Waals surface area contributed by atoms with Gasteiger partial charge in [0.25, 0.3) is 0 Å². The molecule has 24 heavy (non-hydrogen) atoms. The number of hydrogen-bond donors (Lipinski definition) is 2.